The van der Waals surface area contributed by atoms with Crippen molar-refractivity contribution in [2.24, 2.45) is 0 Å². The molecule has 0 saturated carbocycles. The molecule has 0 aliphatic carbocycles. The van der Waals surface area contributed by atoms with E-state index >= 15 is 0 Å². The van der Waals surface area contributed by atoms with Crippen LogP contribution in [0.3, 0.4) is 0 Å². The average molecular weight is 282 g/mol. The van der Waals surface area contributed by atoms with Crippen LogP contribution in [0.25, 0.3) is 0 Å². The highest BCUT2D eigenvalue weighted by Gasteiger charge is 2.07. The summed E-state index contributed by atoms with van der Waals surface area (Å²) in [5.74, 6) is 0.906. The maximum Gasteiger partial charge on any atom is 0.126 e. The molecule has 2 rings (SSSR count). The summed E-state index contributed by atoms with van der Waals surface area (Å²) < 4.78 is 13.2. The smallest absolute Gasteiger partial charge is 0.126 e. The van der Waals surface area contributed by atoms with Crippen molar-refractivity contribution in [3.63, 3.8) is 0 Å². The van der Waals surface area contributed by atoms with Crippen molar-refractivity contribution >= 4 is 28.8 Å². The number of nitrogen functional groups attached to an aromatic ring is 1. The van der Waals surface area contributed by atoms with E-state index < -0.39 is 0 Å². The van der Waals surface area contributed by atoms with E-state index in [1.54, 1.807) is 29.2 Å². The van der Waals surface area contributed by atoms with Crippen LogP contribution < -0.4 is 5.73 Å². The van der Waals surface area contributed by atoms with Gasteiger partial charge in [0.1, 0.15) is 5.82 Å². The van der Waals surface area contributed by atoms with Crippen molar-refractivity contribution in [3.05, 3.63) is 40.1 Å². The van der Waals surface area contributed by atoms with E-state index in [0.29, 0.717) is 11.6 Å². The quantitative estimate of drug-likeness (QED) is 0.672. The van der Waals surface area contributed by atoms with Crippen LogP contribution in [0, 0.1) is 5.82 Å². The minimum atomic E-state index is -0.293. The number of nitrogens with two attached hydrogens (primary N) is 1. The topological polar surface area (TPSA) is 38.9 Å². The Bertz CT molecular complexity index is 517. The molecular weight excluding hydrogens is 267 g/mol. The number of aromatic nitrogens is 1. The van der Waals surface area contributed by atoms with E-state index in [0.717, 1.165) is 21.3 Å². The van der Waals surface area contributed by atoms with Crippen LogP contribution in [0.1, 0.15) is 30.5 Å². The molecule has 0 atom stereocenters. The molecule has 0 fully saturated rings. The van der Waals surface area contributed by atoms with Crippen molar-refractivity contribution in [1.29, 1.82) is 0 Å². The van der Waals surface area contributed by atoms with Gasteiger partial charge >= 0.3 is 0 Å². The lowest BCUT2D eigenvalue weighted by Crippen LogP contribution is -1.89. The van der Waals surface area contributed by atoms with Crippen LogP contribution in [0.4, 0.5) is 10.1 Å². The first-order valence-electron chi connectivity index (χ1n) is 5.68. The number of hydrogen-bond acceptors (Lipinski definition) is 4. The van der Waals surface area contributed by atoms with E-state index in [9.17, 15) is 4.39 Å². The summed E-state index contributed by atoms with van der Waals surface area (Å²) >= 11 is 3.23. The first kappa shape index (κ1) is 13.4. The number of hydrogen-bond donors (Lipinski definition) is 1. The SMILES string of the molecule is CC(C)c1nc(CSc2cc(N)cc(F)c2)cs1. The number of thioether (sulfide) groups is 1. The second-order valence-corrected chi connectivity index (χ2v) is 6.28. The zero-order valence-electron chi connectivity index (χ0n) is 10.3. The fraction of sp³-hybridized carbons (Fsp3) is 0.308. The van der Waals surface area contributed by atoms with E-state index in [4.69, 9.17) is 5.73 Å². The Hall–Kier alpha value is -1.07. The minimum absolute atomic E-state index is 0.293. The Morgan fingerprint density at radius 1 is 1.39 bits per heavy atom. The summed E-state index contributed by atoms with van der Waals surface area (Å²) in [4.78, 5) is 5.38. The molecule has 0 amide bonds. The summed E-state index contributed by atoms with van der Waals surface area (Å²) in [7, 11) is 0. The van der Waals surface area contributed by atoms with Crippen molar-refractivity contribution < 1.29 is 4.39 Å². The number of anilines is 1. The zero-order valence-corrected chi connectivity index (χ0v) is 11.9. The number of rotatable bonds is 4. The van der Waals surface area contributed by atoms with Gasteiger partial charge in [-0.2, -0.15) is 0 Å². The maximum atomic E-state index is 13.2. The molecule has 18 heavy (non-hydrogen) atoms. The van der Waals surface area contributed by atoms with Crippen LogP contribution >= 0.6 is 23.1 Å². The summed E-state index contributed by atoms with van der Waals surface area (Å²) in [5, 5.41) is 3.20. The molecule has 0 aliphatic rings. The predicted molar refractivity (Wildman–Crippen MR) is 76.6 cm³/mol. The van der Waals surface area contributed by atoms with Crippen LogP contribution in [0.5, 0.6) is 0 Å². The van der Waals surface area contributed by atoms with Crippen molar-refractivity contribution in [3.8, 4) is 0 Å². The lowest BCUT2D eigenvalue weighted by Gasteiger charge is -2.02. The molecule has 0 saturated heterocycles. The van der Waals surface area contributed by atoms with Gasteiger partial charge in [0, 0.05) is 27.6 Å². The van der Waals surface area contributed by atoms with Gasteiger partial charge in [0.25, 0.3) is 0 Å². The minimum Gasteiger partial charge on any atom is -0.399 e. The highest BCUT2D eigenvalue weighted by molar-refractivity contribution is 7.98. The largest absolute Gasteiger partial charge is 0.399 e. The molecular formula is C13H15FN2S2. The van der Waals surface area contributed by atoms with Gasteiger partial charge in [-0.1, -0.05) is 13.8 Å². The third-order valence-electron chi connectivity index (χ3n) is 2.34. The van der Waals surface area contributed by atoms with Crippen LogP contribution in [-0.2, 0) is 5.75 Å². The molecule has 1 heterocycles. The number of nitrogens with zero attached hydrogens (tertiary/aromatic N) is 1. The van der Waals surface area contributed by atoms with Gasteiger partial charge in [-0.25, -0.2) is 9.37 Å². The van der Waals surface area contributed by atoms with Gasteiger partial charge in [-0.05, 0) is 18.2 Å². The summed E-state index contributed by atoms with van der Waals surface area (Å²) in [6.07, 6.45) is 0. The molecule has 0 aliphatic heterocycles. The standard InChI is InChI=1S/C13H15FN2S2/c1-8(2)13-16-11(7-18-13)6-17-12-4-9(14)3-10(15)5-12/h3-5,7-8H,6,15H2,1-2H3. The van der Waals surface area contributed by atoms with Crippen molar-refractivity contribution in [2.75, 3.05) is 5.73 Å². The Balaban J connectivity index is 2.02. The second-order valence-electron chi connectivity index (χ2n) is 4.34. The zero-order chi connectivity index (χ0) is 13.1. The Morgan fingerprint density at radius 2 is 2.17 bits per heavy atom. The normalized spacial score (nSPS) is 11.1. The van der Waals surface area contributed by atoms with Crippen LogP contribution in [0.15, 0.2) is 28.5 Å². The van der Waals surface area contributed by atoms with Crippen LogP contribution in [-0.4, -0.2) is 4.98 Å². The van der Waals surface area contributed by atoms with Gasteiger partial charge in [0.05, 0.1) is 10.7 Å². The summed E-state index contributed by atoms with van der Waals surface area (Å²) in [6.45, 7) is 4.26. The molecule has 0 bridgehead atoms. The van der Waals surface area contributed by atoms with Crippen molar-refractivity contribution in [2.45, 2.75) is 30.4 Å². The molecule has 2 aromatic rings. The first-order valence-corrected chi connectivity index (χ1v) is 7.54. The molecule has 2 nitrogen and oxygen atoms in total. The van der Waals surface area contributed by atoms with E-state index in [-0.39, 0.29) is 5.82 Å². The lowest BCUT2D eigenvalue weighted by molar-refractivity contribution is 0.625. The Labute approximate surface area is 114 Å². The van der Waals surface area contributed by atoms with Gasteiger partial charge < -0.3 is 5.73 Å². The number of benzene rings is 1. The van der Waals surface area contributed by atoms with Gasteiger partial charge in [0.15, 0.2) is 0 Å². The van der Waals surface area contributed by atoms with E-state index in [1.165, 1.54) is 12.1 Å². The Morgan fingerprint density at radius 3 is 2.78 bits per heavy atom. The van der Waals surface area contributed by atoms with E-state index in [1.807, 2.05) is 0 Å². The molecule has 5 heteroatoms. The monoisotopic (exact) mass is 282 g/mol. The molecule has 2 N–H and O–H groups in total. The lowest BCUT2D eigenvalue weighted by atomic mass is 10.2. The Kier molecular flexibility index (Phi) is 4.24. The van der Waals surface area contributed by atoms with Gasteiger partial charge in [-0.3, -0.25) is 0 Å². The first-order chi connectivity index (χ1) is 8.54. The molecule has 96 valence electrons. The van der Waals surface area contributed by atoms with Crippen LogP contribution in [0.2, 0.25) is 0 Å². The maximum absolute atomic E-state index is 13.2. The van der Waals surface area contributed by atoms with Gasteiger partial charge in [0.2, 0.25) is 0 Å². The number of halogens is 1. The van der Waals surface area contributed by atoms with E-state index in [2.05, 4.69) is 24.2 Å². The molecule has 1 aromatic carbocycles. The highest BCUT2D eigenvalue weighted by Crippen LogP contribution is 2.27. The molecule has 0 radical (unpaired) electrons. The molecule has 0 unspecified atom stereocenters. The number of thiazole rings is 1. The van der Waals surface area contributed by atoms with Gasteiger partial charge in [-0.15, -0.1) is 23.1 Å². The summed E-state index contributed by atoms with van der Waals surface area (Å²) in [5.41, 5.74) is 7.10. The molecule has 1 aromatic heterocycles. The highest BCUT2D eigenvalue weighted by atomic mass is 32.2. The molecule has 0 spiro atoms. The fourth-order valence-corrected chi connectivity index (χ4v) is 3.30. The predicted octanol–water partition coefficient (Wildman–Crippen LogP) is 4.28. The second kappa shape index (κ2) is 5.71. The summed E-state index contributed by atoms with van der Waals surface area (Å²) in [6, 6.07) is 4.60. The third-order valence-corrected chi connectivity index (χ3v) is 4.55. The average Bonchev–Trinajstić information content (AvgIpc) is 2.73. The van der Waals surface area contributed by atoms with Crippen molar-refractivity contribution in [1.82, 2.24) is 4.98 Å². The third kappa shape index (κ3) is 3.46. The fourth-order valence-electron chi connectivity index (χ4n) is 1.48.